The number of H-pyrrole nitrogens is 1. The molecule has 0 saturated heterocycles. The van der Waals surface area contributed by atoms with Crippen LogP contribution in [0, 0.1) is 20.8 Å². The molecule has 2 aromatic carbocycles. The van der Waals surface area contributed by atoms with Crippen molar-refractivity contribution in [3.05, 3.63) is 94.1 Å². The van der Waals surface area contributed by atoms with E-state index < -0.39 is 19.3 Å². The van der Waals surface area contributed by atoms with E-state index in [2.05, 4.69) is 20.9 Å². The van der Waals surface area contributed by atoms with E-state index in [1.54, 1.807) is 0 Å². The first-order valence-corrected chi connectivity index (χ1v) is 13.8. The minimum Gasteiger partial charge on any atom is -0.464 e. The summed E-state index contributed by atoms with van der Waals surface area (Å²) in [4.78, 5) is 35.0. The van der Waals surface area contributed by atoms with Crippen LogP contribution in [0.2, 0.25) is 0 Å². The van der Waals surface area contributed by atoms with Crippen molar-refractivity contribution in [2.75, 3.05) is 6.61 Å². The molecule has 0 radical (unpaired) electrons. The second-order valence-corrected chi connectivity index (χ2v) is 11.2. The van der Waals surface area contributed by atoms with Crippen LogP contribution in [-0.4, -0.2) is 27.3 Å². The summed E-state index contributed by atoms with van der Waals surface area (Å²) in [6, 6.07) is 15.5. The number of phosphoric acid groups is 1. The van der Waals surface area contributed by atoms with Crippen molar-refractivity contribution in [3.8, 4) is 0 Å². The lowest BCUT2D eigenvalue weighted by molar-refractivity contribution is -0.124. The maximum atomic E-state index is 13.8. The number of phosphoric ester groups is 1. The van der Waals surface area contributed by atoms with Gasteiger partial charge < -0.3 is 24.5 Å². The standard InChI is InChI=1S/C28H31N2O6P/c1-17-4-7-22(18(2)14-17)26(25-9-5-19(3)36-25)30-27(31)28(11-12-28)21-6-8-24-23(15-21)20(16-29-24)10-13-35-37(32,33)34/h4-9,14-16,26,29H,10-13H2,1-3H3,(H,30,31)(H2,32,33,34). The first kappa shape index (κ1) is 25.5. The van der Waals surface area contributed by atoms with E-state index in [-0.39, 0.29) is 12.5 Å². The molecule has 1 saturated carbocycles. The fourth-order valence-corrected chi connectivity index (χ4v) is 5.39. The monoisotopic (exact) mass is 522 g/mol. The molecule has 1 aliphatic rings. The molecule has 0 bridgehead atoms. The Bertz CT molecular complexity index is 1510. The Kier molecular flexibility index (Phi) is 6.62. The second-order valence-electron chi connectivity index (χ2n) is 9.95. The second kappa shape index (κ2) is 9.62. The van der Waals surface area contributed by atoms with Crippen LogP contribution in [0.3, 0.4) is 0 Å². The van der Waals surface area contributed by atoms with Crippen molar-refractivity contribution in [3.63, 3.8) is 0 Å². The van der Waals surface area contributed by atoms with E-state index in [1.165, 1.54) is 0 Å². The summed E-state index contributed by atoms with van der Waals surface area (Å²) in [5.74, 6) is 1.43. The van der Waals surface area contributed by atoms with E-state index in [1.807, 2.05) is 69.4 Å². The molecule has 1 aliphatic carbocycles. The van der Waals surface area contributed by atoms with Gasteiger partial charge in [-0.1, -0.05) is 29.8 Å². The third kappa shape index (κ3) is 5.29. The van der Waals surface area contributed by atoms with Gasteiger partial charge in [-0.3, -0.25) is 9.32 Å². The number of nitrogens with one attached hydrogen (secondary N) is 2. The van der Waals surface area contributed by atoms with Gasteiger partial charge in [-0.25, -0.2) is 4.57 Å². The highest BCUT2D eigenvalue weighted by molar-refractivity contribution is 7.46. The fourth-order valence-electron chi connectivity index (χ4n) is 5.06. The summed E-state index contributed by atoms with van der Waals surface area (Å²) in [5.41, 5.74) is 5.29. The third-order valence-corrected chi connectivity index (χ3v) is 7.71. The predicted octanol–water partition coefficient (Wildman–Crippen LogP) is 5.28. The molecule has 37 heavy (non-hydrogen) atoms. The number of hydrogen-bond donors (Lipinski definition) is 4. The summed E-state index contributed by atoms with van der Waals surface area (Å²) in [7, 11) is -4.52. The Labute approximate surface area is 215 Å². The highest BCUT2D eigenvalue weighted by atomic mass is 31.2. The zero-order valence-corrected chi connectivity index (χ0v) is 22.0. The van der Waals surface area contributed by atoms with Crippen LogP contribution in [0.25, 0.3) is 10.9 Å². The van der Waals surface area contributed by atoms with Crippen molar-refractivity contribution in [1.82, 2.24) is 10.3 Å². The number of carbonyl (C=O) groups excluding carboxylic acids is 1. The molecule has 0 aliphatic heterocycles. The van der Waals surface area contributed by atoms with Crippen LogP contribution >= 0.6 is 7.82 Å². The van der Waals surface area contributed by atoms with E-state index in [0.29, 0.717) is 12.2 Å². The lowest BCUT2D eigenvalue weighted by atomic mass is 9.91. The summed E-state index contributed by atoms with van der Waals surface area (Å²) in [6.45, 7) is 5.88. The number of aromatic amines is 1. The van der Waals surface area contributed by atoms with Gasteiger partial charge in [0.15, 0.2) is 0 Å². The molecule has 9 heteroatoms. The summed E-state index contributed by atoms with van der Waals surface area (Å²) in [5, 5.41) is 4.20. The van der Waals surface area contributed by atoms with Crippen molar-refractivity contribution in [2.45, 2.75) is 51.5 Å². The average Bonchev–Trinajstić information content (AvgIpc) is 3.39. The molecule has 5 rings (SSSR count). The minimum absolute atomic E-state index is 0.0483. The average molecular weight is 523 g/mol. The van der Waals surface area contributed by atoms with E-state index in [4.69, 9.17) is 14.2 Å². The molecule has 1 amide bonds. The van der Waals surface area contributed by atoms with Crippen LogP contribution in [0.4, 0.5) is 0 Å². The number of furan rings is 1. The Morgan fingerprint density at radius 3 is 2.57 bits per heavy atom. The van der Waals surface area contributed by atoms with Gasteiger partial charge in [0.1, 0.15) is 17.6 Å². The van der Waals surface area contributed by atoms with Crippen LogP contribution in [-0.2, 0) is 25.7 Å². The van der Waals surface area contributed by atoms with Gasteiger partial charge in [-0.05, 0) is 86.6 Å². The fraction of sp³-hybridized carbons (Fsp3) is 0.321. The highest BCUT2D eigenvalue weighted by Gasteiger charge is 2.52. The molecule has 1 unspecified atom stereocenters. The normalized spacial score (nSPS) is 15.6. The molecular weight excluding hydrogens is 491 g/mol. The quantitative estimate of drug-likeness (QED) is 0.222. The third-order valence-electron chi connectivity index (χ3n) is 7.19. The largest absolute Gasteiger partial charge is 0.469 e. The van der Waals surface area contributed by atoms with Gasteiger partial charge in [0, 0.05) is 17.1 Å². The zero-order valence-electron chi connectivity index (χ0n) is 21.1. The molecule has 4 N–H and O–H groups in total. The van der Waals surface area contributed by atoms with Crippen LogP contribution in [0.1, 0.15) is 58.2 Å². The maximum Gasteiger partial charge on any atom is 0.469 e. The lowest BCUT2D eigenvalue weighted by Crippen LogP contribution is -2.38. The number of aromatic nitrogens is 1. The maximum absolute atomic E-state index is 13.8. The number of hydrogen-bond acceptors (Lipinski definition) is 4. The van der Waals surface area contributed by atoms with Gasteiger partial charge in [-0.15, -0.1) is 0 Å². The Hall–Kier alpha value is -3.16. The minimum atomic E-state index is -4.52. The Morgan fingerprint density at radius 2 is 1.92 bits per heavy atom. The molecular formula is C28H31N2O6P. The van der Waals surface area contributed by atoms with Crippen LogP contribution in [0.15, 0.2) is 59.1 Å². The van der Waals surface area contributed by atoms with Crippen molar-refractivity contribution >= 4 is 24.6 Å². The van der Waals surface area contributed by atoms with E-state index in [0.717, 1.165) is 57.3 Å². The zero-order chi connectivity index (χ0) is 26.4. The van der Waals surface area contributed by atoms with Crippen LogP contribution < -0.4 is 5.32 Å². The predicted molar refractivity (Wildman–Crippen MR) is 140 cm³/mol. The van der Waals surface area contributed by atoms with Gasteiger partial charge >= 0.3 is 7.82 Å². The molecule has 194 valence electrons. The van der Waals surface area contributed by atoms with Crippen molar-refractivity contribution in [1.29, 1.82) is 0 Å². The van der Waals surface area contributed by atoms with Crippen molar-refractivity contribution in [2.24, 2.45) is 0 Å². The summed E-state index contributed by atoms with van der Waals surface area (Å²) in [6.07, 6.45) is 3.62. The molecule has 0 spiro atoms. The first-order chi connectivity index (χ1) is 17.6. The molecule has 4 aromatic rings. The number of aryl methyl sites for hydroxylation is 3. The smallest absolute Gasteiger partial charge is 0.464 e. The molecule has 2 heterocycles. The topological polar surface area (TPSA) is 125 Å². The molecule has 1 atom stereocenters. The SMILES string of the molecule is Cc1ccc(C(NC(=O)C2(c3ccc4[nH]cc(CCOP(=O)(O)O)c4c3)CC2)c2ccc(C)o2)c(C)c1. The summed E-state index contributed by atoms with van der Waals surface area (Å²) >= 11 is 0. The van der Waals surface area contributed by atoms with E-state index in [9.17, 15) is 9.36 Å². The number of rotatable bonds is 9. The highest BCUT2D eigenvalue weighted by Crippen LogP contribution is 2.50. The molecule has 1 fully saturated rings. The number of benzene rings is 2. The number of fused-ring (bicyclic) bond motifs is 1. The Morgan fingerprint density at radius 1 is 1.14 bits per heavy atom. The molecule has 2 aromatic heterocycles. The molecule has 8 nitrogen and oxygen atoms in total. The van der Waals surface area contributed by atoms with Gasteiger partial charge in [0.25, 0.3) is 0 Å². The van der Waals surface area contributed by atoms with E-state index >= 15 is 0 Å². The number of carbonyl (C=O) groups is 1. The van der Waals surface area contributed by atoms with Gasteiger partial charge in [0.05, 0.1) is 12.0 Å². The van der Waals surface area contributed by atoms with Crippen LogP contribution in [0.5, 0.6) is 0 Å². The van der Waals surface area contributed by atoms with Gasteiger partial charge in [-0.2, -0.15) is 0 Å². The Balaban J connectivity index is 1.43. The number of amides is 1. The van der Waals surface area contributed by atoms with Crippen molar-refractivity contribution < 1.29 is 28.1 Å². The lowest BCUT2D eigenvalue weighted by Gasteiger charge is -2.23. The first-order valence-electron chi connectivity index (χ1n) is 12.3. The van der Waals surface area contributed by atoms with Gasteiger partial charge in [0.2, 0.25) is 5.91 Å². The summed E-state index contributed by atoms with van der Waals surface area (Å²) < 4.78 is 21.6.